The van der Waals surface area contributed by atoms with Gasteiger partial charge < -0.3 is 4.55 Å². The third-order valence-electron chi connectivity index (χ3n) is 2.98. The number of hydrogen-bond donors (Lipinski definition) is 1. The van der Waals surface area contributed by atoms with Gasteiger partial charge in [-0.3, -0.25) is 0 Å². The van der Waals surface area contributed by atoms with E-state index in [1.54, 1.807) is 0 Å². The second kappa shape index (κ2) is 5.02. The summed E-state index contributed by atoms with van der Waals surface area (Å²) in [5.41, 5.74) is 3.33. The third kappa shape index (κ3) is 2.22. The molecular formula is C14H14N2OS. The van der Waals surface area contributed by atoms with Gasteiger partial charge in [-0.05, 0) is 23.3 Å². The van der Waals surface area contributed by atoms with Gasteiger partial charge >= 0.3 is 0 Å². The van der Waals surface area contributed by atoms with Crippen LogP contribution in [0.3, 0.4) is 0 Å². The first-order chi connectivity index (χ1) is 8.84. The Kier molecular flexibility index (Phi) is 3.23. The van der Waals surface area contributed by atoms with Crippen molar-refractivity contribution in [1.82, 2.24) is 4.72 Å². The van der Waals surface area contributed by atoms with Gasteiger partial charge in [0.1, 0.15) is 0 Å². The summed E-state index contributed by atoms with van der Waals surface area (Å²) >= 11 is -1.09. The quantitative estimate of drug-likeness (QED) is 0.840. The van der Waals surface area contributed by atoms with E-state index in [1.807, 2.05) is 34.6 Å². The summed E-state index contributed by atoms with van der Waals surface area (Å²) in [5.74, 6) is 0. The molecule has 1 saturated heterocycles. The van der Waals surface area contributed by atoms with Crippen molar-refractivity contribution in [3.8, 4) is 11.1 Å². The van der Waals surface area contributed by atoms with Crippen LogP contribution in [0.2, 0.25) is 0 Å². The van der Waals surface area contributed by atoms with Gasteiger partial charge in [0.05, 0.1) is 18.8 Å². The van der Waals surface area contributed by atoms with Gasteiger partial charge in [-0.15, -0.1) is 4.72 Å². The SMILES string of the molecule is [O-][S+]1NCCN1c1cccc(-c2ccccc2)c1. The Balaban J connectivity index is 1.94. The highest BCUT2D eigenvalue weighted by Gasteiger charge is 2.27. The molecule has 1 fully saturated rings. The van der Waals surface area contributed by atoms with E-state index in [0.29, 0.717) is 0 Å². The van der Waals surface area contributed by atoms with E-state index in [9.17, 15) is 4.55 Å². The number of benzene rings is 2. The lowest BCUT2D eigenvalue weighted by Gasteiger charge is -2.17. The van der Waals surface area contributed by atoms with Crippen molar-refractivity contribution in [2.45, 2.75) is 0 Å². The monoisotopic (exact) mass is 258 g/mol. The standard InChI is InChI=1S/C14H14N2OS/c17-18-15-9-10-16(18)14-8-4-7-13(11-14)12-5-2-1-3-6-12/h1-8,11,15H,9-10H2. The summed E-state index contributed by atoms with van der Waals surface area (Å²) in [7, 11) is 0. The van der Waals surface area contributed by atoms with Crippen molar-refractivity contribution in [1.29, 1.82) is 0 Å². The Morgan fingerprint density at radius 1 is 1.00 bits per heavy atom. The van der Waals surface area contributed by atoms with Crippen LogP contribution in [0, 0.1) is 0 Å². The first-order valence-corrected chi connectivity index (χ1v) is 7.04. The van der Waals surface area contributed by atoms with Crippen LogP contribution in [-0.4, -0.2) is 17.6 Å². The topological polar surface area (TPSA) is 38.3 Å². The minimum Gasteiger partial charge on any atom is -0.573 e. The molecule has 18 heavy (non-hydrogen) atoms. The third-order valence-corrected chi connectivity index (χ3v) is 4.23. The Bertz CT molecular complexity index is 532. The molecule has 0 saturated carbocycles. The van der Waals surface area contributed by atoms with Crippen LogP contribution in [0.25, 0.3) is 11.1 Å². The van der Waals surface area contributed by atoms with Gasteiger partial charge in [0.25, 0.3) is 0 Å². The molecule has 1 heterocycles. The van der Waals surface area contributed by atoms with Crippen molar-refractivity contribution >= 4 is 17.2 Å². The van der Waals surface area contributed by atoms with Crippen LogP contribution in [0.1, 0.15) is 0 Å². The van der Waals surface area contributed by atoms with Gasteiger partial charge in [-0.1, -0.05) is 42.5 Å². The van der Waals surface area contributed by atoms with E-state index >= 15 is 0 Å². The highest BCUT2D eigenvalue weighted by Crippen LogP contribution is 2.26. The Hall–Kier alpha value is -1.49. The molecule has 2 aromatic carbocycles. The summed E-state index contributed by atoms with van der Waals surface area (Å²) < 4.78 is 16.6. The zero-order chi connectivity index (χ0) is 12.4. The second-order valence-electron chi connectivity index (χ2n) is 4.16. The van der Waals surface area contributed by atoms with E-state index in [1.165, 1.54) is 5.56 Å². The molecule has 1 N–H and O–H groups in total. The number of hydrogen-bond acceptors (Lipinski definition) is 3. The largest absolute Gasteiger partial charge is 0.573 e. The fraction of sp³-hybridized carbons (Fsp3) is 0.143. The molecule has 2 aromatic rings. The summed E-state index contributed by atoms with van der Waals surface area (Å²) in [6.07, 6.45) is 0. The summed E-state index contributed by atoms with van der Waals surface area (Å²) in [4.78, 5) is 0. The van der Waals surface area contributed by atoms with Crippen LogP contribution in [0.5, 0.6) is 0 Å². The molecule has 4 heteroatoms. The highest BCUT2D eigenvalue weighted by atomic mass is 32.2. The zero-order valence-corrected chi connectivity index (χ0v) is 10.7. The summed E-state index contributed by atoms with van der Waals surface area (Å²) in [5, 5.41) is 0. The molecule has 0 radical (unpaired) electrons. The number of nitrogens with zero attached hydrogens (tertiary/aromatic N) is 1. The van der Waals surface area contributed by atoms with E-state index in [4.69, 9.17) is 0 Å². The van der Waals surface area contributed by atoms with Crippen molar-refractivity contribution < 1.29 is 4.55 Å². The fourth-order valence-corrected chi connectivity index (χ4v) is 3.08. The average Bonchev–Trinajstić information content (AvgIpc) is 2.86. The molecule has 0 amide bonds. The van der Waals surface area contributed by atoms with Gasteiger partial charge in [0.2, 0.25) is 0 Å². The van der Waals surface area contributed by atoms with E-state index in [2.05, 4.69) is 29.0 Å². The summed E-state index contributed by atoms with van der Waals surface area (Å²) in [6, 6.07) is 18.4. The van der Waals surface area contributed by atoms with Gasteiger partial charge in [0.15, 0.2) is 11.5 Å². The predicted molar refractivity (Wildman–Crippen MR) is 75.4 cm³/mol. The maximum atomic E-state index is 11.7. The maximum Gasteiger partial charge on any atom is 0.166 e. The first kappa shape index (κ1) is 11.6. The molecule has 3 rings (SSSR count). The van der Waals surface area contributed by atoms with Crippen molar-refractivity contribution in [3.63, 3.8) is 0 Å². The first-order valence-electron chi connectivity index (χ1n) is 5.93. The van der Waals surface area contributed by atoms with Gasteiger partial charge in [0, 0.05) is 0 Å². The Morgan fingerprint density at radius 2 is 1.78 bits per heavy atom. The molecular weight excluding hydrogens is 244 g/mol. The number of anilines is 1. The molecule has 92 valence electrons. The maximum absolute atomic E-state index is 11.7. The van der Waals surface area contributed by atoms with E-state index in [-0.39, 0.29) is 0 Å². The number of rotatable bonds is 2. The van der Waals surface area contributed by atoms with E-state index in [0.717, 1.165) is 24.3 Å². The smallest absolute Gasteiger partial charge is 0.166 e. The molecule has 1 unspecified atom stereocenters. The lowest BCUT2D eigenvalue weighted by atomic mass is 10.1. The minimum atomic E-state index is -1.09. The normalized spacial score (nSPS) is 19.2. The van der Waals surface area contributed by atoms with Crippen molar-refractivity contribution in [2.24, 2.45) is 0 Å². The molecule has 1 atom stereocenters. The zero-order valence-electron chi connectivity index (χ0n) is 9.87. The summed E-state index contributed by atoms with van der Waals surface area (Å²) in [6.45, 7) is 1.55. The Morgan fingerprint density at radius 3 is 2.50 bits per heavy atom. The van der Waals surface area contributed by atoms with Crippen LogP contribution in [0.15, 0.2) is 54.6 Å². The van der Waals surface area contributed by atoms with Crippen molar-refractivity contribution in [2.75, 3.05) is 17.4 Å². The Labute approximate surface area is 110 Å². The lowest BCUT2D eigenvalue weighted by molar-refractivity contribution is 0.590. The molecule has 0 bridgehead atoms. The predicted octanol–water partition coefficient (Wildman–Crippen LogP) is 2.34. The average molecular weight is 258 g/mol. The van der Waals surface area contributed by atoms with Crippen LogP contribution in [-0.2, 0) is 11.5 Å². The minimum absolute atomic E-state index is 0.766. The van der Waals surface area contributed by atoms with Gasteiger partial charge in [-0.25, -0.2) is 0 Å². The molecule has 0 aliphatic carbocycles. The van der Waals surface area contributed by atoms with Gasteiger partial charge in [-0.2, -0.15) is 4.31 Å². The van der Waals surface area contributed by atoms with E-state index < -0.39 is 11.5 Å². The molecule has 0 spiro atoms. The molecule has 3 nitrogen and oxygen atoms in total. The molecule has 0 aromatic heterocycles. The van der Waals surface area contributed by atoms with Crippen LogP contribution >= 0.6 is 0 Å². The highest BCUT2D eigenvalue weighted by molar-refractivity contribution is 7.91. The fourth-order valence-electron chi connectivity index (χ4n) is 2.09. The van der Waals surface area contributed by atoms with Crippen molar-refractivity contribution in [3.05, 3.63) is 54.6 Å². The second-order valence-corrected chi connectivity index (χ2v) is 5.39. The number of nitrogens with one attached hydrogen (secondary N) is 1. The molecule has 1 aliphatic heterocycles. The lowest BCUT2D eigenvalue weighted by Crippen LogP contribution is -2.29. The van der Waals surface area contributed by atoms with Crippen LogP contribution in [0.4, 0.5) is 5.69 Å². The molecule has 1 aliphatic rings. The van der Waals surface area contributed by atoms with Crippen LogP contribution < -0.4 is 9.03 Å².